The highest BCUT2D eigenvalue weighted by Crippen LogP contribution is 2.56. The first-order valence-electron chi connectivity index (χ1n) is 11.8. The predicted octanol–water partition coefficient (Wildman–Crippen LogP) is 4.52. The zero-order valence-corrected chi connectivity index (χ0v) is 19.8. The summed E-state index contributed by atoms with van der Waals surface area (Å²) >= 11 is 0. The van der Waals surface area contributed by atoms with E-state index in [0.717, 1.165) is 34.6 Å². The smallest absolute Gasteiger partial charge is 0.247 e. The second kappa shape index (κ2) is 7.88. The molecule has 1 spiro atoms. The number of aryl methyl sites for hydroxylation is 2. The summed E-state index contributed by atoms with van der Waals surface area (Å²) in [5.74, 6) is -0.113. The number of para-hydroxylation sites is 1. The number of hydrogen-bond acceptors (Lipinski definition) is 5. The Hall–Kier alpha value is -3.85. The van der Waals surface area contributed by atoms with Crippen LogP contribution >= 0.6 is 0 Å². The van der Waals surface area contributed by atoms with Gasteiger partial charge in [-0.15, -0.1) is 0 Å². The monoisotopic (exact) mass is 452 g/mol. The lowest BCUT2D eigenvalue weighted by molar-refractivity contribution is -0.124. The maximum atomic E-state index is 14.3. The Morgan fingerprint density at radius 3 is 2.47 bits per heavy atom. The first-order valence-corrected chi connectivity index (χ1v) is 11.8. The number of Topliss-reactive ketones (excluding diaryl/α,β-unsaturated/α-hetero) is 1. The second-order valence-corrected chi connectivity index (χ2v) is 9.38. The summed E-state index contributed by atoms with van der Waals surface area (Å²) in [7, 11) is 0. The van der Waals surface area contributed by atoms with Gasteiger partial charge in [0.05, 0.1) is 5.57 Å². The lowest BCUT2D eigenvalue weighted by Crippen LogP contribution is -2.52. The summed E-state index contributed by atoms with van der Waals surface area (Å²) < 4.78 is 0. The van der Waals surface area contributed by atoms with Gasteiger partial charge in [0.2, 0.25) is 5.91 Å². The maximum absolute atomic E-state index is 14.3. The van der Waals surface area contributed by atoms with Crippen LogP contribution in [0.3, 0.4) is 0 Å². The fourth-order valence-electron chi connectivity index (χ4n) is 5.95. The number of carbonyl (C=O) groups excluding carboxylic acids is 2. The number of allylic oxidation sites excluding steroid dienone is 1. The molecule has 3 aliphatic rings. The van der Waals surface area contributed by atoms with E-state index >= 15 is 0 Å². The van der Waals surface area contributed by atoms with Crippen LogP contribution in [0.1, 0.15) is 49.3 Å². The minimum absolute atomic E-state index is 0.0858. The molecule has 2 aliphatic heterocycles. The molecule has 1 unspecified atom stereocenters. The molecule has 2 aromatic carbocycles. The molecule has 1 amide bonds. The first kappa shape index (κ1) is 22.0. The quantitative estimate of drug-likeness (QED) is 0.739. The molecule has 0 saturated carbocycles. The Morgan fingerprint density at radius 2 is 1.79 bits per heavy atom. The van der Waals surface area contributed by atoms with E-state index in [2.05, 4.69) is 12.1 Å². The Labute approximate surface area is 200 Å². The van der Waals surface area contributed by atoms with E-state index in [1.165, 1.54) is 0 Å². The Bertz CT molecular complexity index is 1330. The number of rotatable bonds is 3. The van der Waals surface area contributed by atoms with Crippen molar-refractivity contribution < 1.29 is 9.59 Å². The van der Waals surface area contributed by atoms with Crippen LogP contribution in [0.2, 0.25) is 0 Å². The van der Waals surface area contributed by atoms with E-state index < -0.39 is 5.41 Å². The molecular formula is C28H28N4O2. The Morgan fingerprint density at radius 1 is 1.09 bits per heavy atom. The summed E-state index contributed by atoms with van der Waals surface area (Å²) in [6.45, 7) is 6.53. The van der Waals surface area contributed by atoms with Gasteiger partial charge in [0.15, 0.2) is 5.78 Å². The van der Waals surface area contributed by atoms with Crippen LogP contribution in [0.5, 0.6) is 0 Å². The minimum Gasteiger partial charge on any atom is -0.384 e. The van der Waals surface area contributed by atoms with Gasteiger partial charge in [0.1, 0.15) is 17.3 Å². The van der Waals surface area contributed by atoms with Gasteiger partial charge < -0.3 is 10.6 Å². The fraction of sp³-hybridized carbons (Fsp3) is 0.321. The van der Waals surface area contributed by atoms with Crippen molar-refractivity contribution in [3.63, 3.8) is 0 Å². The van der Waals surface area contributed by atoms with Crippen LogP contribution in [0, 0.1) is 25.2 Å². The third-order valence-electron chi connectivity index (χ3n) is 7.09. The summed E-state index contributed by atoms with van der Waals surface area (Å²) in [4.78, 5) is 31.5. The summed E-state index contributed by atoms with van der Waals surface area (Å²) in [5.41, 5.74) is 10.9. The van der Waals surface area contributed by atoms with Gasteiger partial charge in [0, 0.05) is 41.2 Å². The van der Waals surface area contributed by atoms with Crippen LogP contribution in [-0.4, -0.2) is 18.2 Å². The summed E-state index contributed by atoms with van der Waals surface area (Å²) in [6, 6.07) is 15.9. The number of anilines is 2. The molecule has 6 nitrogen and oxygen atoms in total. The van der Waals surface area contributed by atoms with E-state index in [9.17, 15) is 14.9 Å². The van der Waals surface area contributed by atoms with Gasteiger partial charge in [-0.1, -0.05) is 31.2 Å². The van der Waals surface area contributed by atoms with Crippen molar-refractivity contribution in [2.45, 2.75) is 51.9 Å². The molecule has 0 aromatic heterocycles. The summed E-state index contributed by atoms with van der Waals surface area (Å²) in [5, 5.41) is 10.5. The molecule has 1 aliphatic carbocycles. The SMILES string of the molecule is CCCN1C(=O)C2(C(C#N)=C(N)N(c3cc(C)cc(C)c3)C3=C2C(=O)CCC3)c2ccccc21. The van der Waals surface area contributed by atoms with Crippen molar-refractivity contribution in [2.75, 3.05) is 16.3 Å². The molecule has 0 saturated heterocycles. The number of ketones is 1. The van der Waals surface area contributed by atoms with E-state index in [0.29, 0.717) is 36.9 Å². The van der Waals surface area contributed by atoms with Crippen molar-refractivity contribution in [3.05, 3.63) is 81.8 Å². The number of hydrogen-bond donors (Lipinski definition) is 1. The number of nitrogens with zero attached hydrogens (tertiary/aromatic N) is 3. The molecule has 2 aromatic rings. The standard InChI is InChI=1S/C28H28N4O2/c1-4-12-31-22-9-6-5-8-20(22)28(27(31)34)21(16-29)26(30)32(19-14-17(2)13-18(3)15-19)23-10-7-11-24(33)25(23)28/h5-6,8-9,13-15H,4,7,10-12,30H2,1-3H3. The van der Waals surface area contributed by atoms with E-state index in [4.69, 9.17) is 5.73 Å². The topological polar surface area (TPSA) is 90.4 Å². The Balaban J connectivity index is 1.88. The molecule has 6 heteroatoms. The highest BCUT2D eigenvalue weighted by atomic mass is 16.2. The average Bonchev–Trinajstić information content (AvgIpc) is 3.03. The van der Waals surface area contributed by atoms with E-state index in [-0.39, 0.29) is 23.1 Å². The third-order valence-corrected chi connectivity index (χ3v) is 7.09. The second-order valence-electron chi connectivity index (χ2n) is 9.38. The number of carbonyl (C=O) groups is 2. The number of nitrogens with two attached hydrogens (primary N) is 1. The molecule has 0 bridgehead atoms. The van der Waals surface area contributed by atoms with Crippen molar-refractivity contribution in [1.29, 1.82) is 5.26 Å². The zero-order chi connectivity index (χ0) is 24.2. The van der Waals surface area contributed by atoms with Crippen LogP contribution < -0.4 is 15.5 Å². The van der Waals surface area contributed by atoms with Crippen molar-refractivity contribution in [3.8, 4) is 6.07 Å². The lowest BCUT2D eigenvalue weighted by atomic mass is 9.63. The number of fused-ring (bicyclic) bond motifs is 3. The zero-order valence-electron chi connectivity index (χ0n) is 19.8. The van der Waals surface area contributed by atoms with E-state index in [1.54, 1.807) is 4.90 Å². The van der Waals surface area contributed by atoms with E-state index in [1.807, 2.05) is 62.1 Å². The molecular weight excluding hydrogens is 424 g/mol. The van der Waals surface area contributed by atoms with Gasteiger partial charge >= 0.3 is 0 Å². The number of nitriles is 1. The molecule has 1 atom stereocenters. The largest absolute Gasteiger partial charge is 0.384 e. The maximum Gasteiger partial charge on any atom is 0.247 e. The van der Waals surface area contributed by atoms with Gasteiger partial charge in [-0.3, -0.25) is 14.5 Å². The first-order chi connectivity index (χ1) is 16.4. The minimum atomic E-state index is -1.49. The highest BCUT2D eigenvalue weighted by Gasteiger charge is 2.62. The van der Waals surface area contributed by atoms with Crippen molar-refractivity contribution in [2.24, 2.45) is 5.73 Å². The average molecular weight is 453 g/mol. The predicted molar refractivity (Wildman–Crippen MR) is 132 cm³/mol. The third kappa shape index (κ3) is 2.80. The lowest BCUT2D eigenvalue weighted by Gasteiger charge is -2.44. The highest BCUT2D eigenvalue weighted by molar-refractivity contribution is 6.20. The van der Waals surface area contributed by atoms with Gasteiger partial charge in [0.25, 0.3) is 0 Å². The van der Waals surface area contributed by atoms with Crippen LogP contribution in [0.15, 0.2) is 65.1 Å². The number of benzene rings is 2. The molecule has 0 fully saturated rings. The van der Waals surface area contributed by atoms with Crippen LogP contribution in [-0.2, 0) is 15.0 Å². The molecule has 34 heavy (non-hydrogen) atoms. The number of amides is 1. The molecule has 2 heterocycles. The van der Waals surface area contributed by atoms with Crippen LogP contribution in [0.4, 0.5) is 11.4 Å². The molecule has 0 radical (unpaired) electrons. The van der Waals surface area contributed by atoms with Gasteiger partial charge in [-0.2, -0.15) is 5.26 Å². The van der Waals surface area contributed by atoms with Gasteiger partial charge in [-0.05, 0) is 62.4 Å². The summed E-state index contributed by atoms with van der Waals surface area (Å²) in [6.07, 6.45) is 2.39. The van der Waals surface area contributed by atoms with Crippen LogP contribution in [0.25, 0.3) is 0 Å². The molecule has 5 rings (SSSR count). The normalized spacial score (nSPS) is 21.8. The Kier molecular flexibility index (Phi) is 5.09. The fourth-order valence-corrected chi connectivity index (χ4v) is 5.95. The molecule has 172 valence electrons. The van der Waals surface area contributed by atoms with Crippen molar-refractivity contribution >= 4 is 23.1 Å². The molecule has 2 N–H and O–H groups in total. The van der Waals surface area contributed by atoms with Gasteiger partial charge in [-0.25, -0.2) is 0 Å². The van der Waals surface area contributed by atoms with Crippen molar-refractivity contribution in [1.82, 2.24) is 0 Å².